The Balaban J connectivity index is 2.76. The summed E-state index contributed by atoms with van der Waals surface area (Å²) in [6.07, 6.45) is 0.899. The average Bonchev–Trinajstić information content (AvgIpc) is 2.35. The van der Waals surface area contributed by atoms with E-state index in [0.29, 0.717) is 25.0 Å². The summed E-state index contributed by atoms with van der Waals surface area (Å²) in [5.74, 6) is -4.35. The molecule has 1 aromatic carbocycles. The van der Waals surface area contributed by atoms with Crippen LogP contribution in [0.15, 0.2) is 12.1 Å². The first kappa shape index (κ1) is 16.3. The molecule has 1 aromatic rings. The largest absolute Gasteiger partial charge is 0.396 e. The first-order valence-corrected chi connectivity index (χ1v) is 6.16. The summed E-state index contributed by atoms with van der Waals surface area (Å²) in [6, 6.07) is 0.689. The lowest BCUT2D eigenvalue weighted by atomic mass is 9.95. The van der Waals surface area contributed by atoms with Crippen molar-refractivity contribution in [3.63, 3.8) is 0 Å². The molecule has 1 unspecified atom stereocenters. The van der Waals surface area contributed by atoms with Crippen LogP contribution in [0.4, 0.5) is 23.7 Å². The van der Waals surface area contributed by atoms with Crippen LogP contribution in [0.1, 0.15) is 26.7 Å². The standard InChI is InChI=1S/C13H17F3N2O2/c1-3-13(2,4-5-19)18-12(20)17-8-6-9(14)11(16)10(15)7-8/h6-7,19H,3-5H2,1-2H3,(H2,17,18,20). The van der Waals surface area contributed by atoms with Gasteiger partial charge < -0.3 is 15.7 Å². The molecule has 0 fully saturated rings. The Morgan fingerprint density at radius 2 is 1.85 bits per heavy atom. The number of rotatable bonds is 5. The van der Waals surface area contributed by atoms with E-state index in [2.05, 4.69) is 10.6 Å². The molecule has 0 saturated heterocycles. The lowest BCUT2D eigenvalue weighted by molar-refractivity contribution is 0.208. The summed E-state index contributed by atoms with van der Waals surface area (Å²) in [7, 11) is 0. The zero-order valence-electron chi connectivity index (χ0n) is 11.3. The number of aliphatic hydroxyl groups excluding tert-OH is 1. The van der Waals surface area contributed by atoms with Gasteiger partial charge in [-0.15, -0.1) is 0 Å². The third kappa shape index (κ3) is 4.12. The van der Waals surface area contributed by atoms with E-state index in [-0.39, 0.29) is 12.3 Å². The van der Waals surface area contributed by atoms with Gasteiger partial charge in [-0.25, -0.2) is 18.0 Å². The molecular weight excluding hydrogens is 273 g/mol. The Morgan fingerprint density at radius 3 is 2.30 bits per heavy atom. The van der Waals surface area contributed by atoms with Crippen molar-refractivity contribution >= 4 is 11.7 Å². The van der Waals surface area contributed by atoms with E-state index in [1.54, 1.807) is 6.92 Å². The Labute approximate surface area is 115 Å². The molecule has 0 aliphatic heterocycles. The van der Waals surface area contributed by atoms with Crippen LogP contribution in [-0.4, -0.2) is 23.3 Å². The maximum Gasteiger partial charge on any atom is 0.319 e. The van der Waals surface area contributed by atoms with Gasteiger partial charge in [-0.2, -0.15) is 0 Å². The summed E-state index contributed by atoms with van der Waals surface area (Å²) in [6.45, 7) is 3.45. The number of aliphatic hydroxyl groups is 1. The number of amides is 2. The number of halogens is 3. The summed E-state index contributed by atoms with van der Waals surface area (Å²) in [5, 5.41) is 13.7. The summed E-state index contributed by atoms with van der Waals surface area (Å²) in [4.78, 5) is 11.7. The smallest absolute Gasteiger partial charge is 0.319 e. The first-order chi connectivity index (χ1) is 9.31. The number of anilines is 1. The number of carbonyl (C=O) groups is 1. The van der Waals surface area contributed by atoms with Crippen LogP contribution in [0, 0.1) is 17.5 Å². The Kier molecular flexibility index (Phi) is 5.38. The molecule has 20 heavy (non-hydrogen) atoms. The van der Waals surface area contributed by atoms with Gasteiger partial charge in [-0.1, -0.05) is 6.92 Å². The molecule has 0 bridgehead atoms. The number of carbonyl (C=O) groups excluding carboxylic acids is 1. The molecule has 112 valence electrons. The van der Waals surface area contributed by atoms with Crippen molar-refractivity contribution in [2.75, 3.05) is 11.9 Å². The third-order valence-corrected chi connectivity index (χ3v) is 3.10. The maximum atomic E-state index is 13.0. The van der Waals surface area contributed by atoms with Crippen molar-refractivity contribution in [1.29, 1.82) is 0 Å². The fraction of sp³-hybridized carbons (Fsp3) is 0.462. The van der Waals surface area contributed by atoms with Gasteiger partial charge in [-0.05, 0) is 19.8 Å². The van der Waals surface area contributed by atoms with Gasteiger partial charge in [0, 0.05) is 30.0 Å². The molecule has 4 nitrogen and oxygen atoms in total. The van der Waals surface area contributed by atoms with Gasteiger partial charge in [-0.3, -0.25) is 0 Å². The molecule has 7 heteroatoms. The van der Waals surface area contributed by atoms with Crippen molar-refractivity contribution in [3.8, 4) is 0 Å². The maximum absolute atomic E-state index is 13.0. The van der Waals surface area contributed by atoms with Crippen molar-refractivity contribution in [3.05, 3.63) is 29.6 Å². The molecule has 1 atom stereocenters. The number of hydrogen-bond acceptors (Lipinski definition) is 2. The highest BCUT2D eigenvalue weighted by atomic mass is 19.2. The van der Waals surface area contributed by atoms with E-state index >= 15 is 0 Å². The van der Waals surface area contributed by atoms with E-state index in [1.165, 1.54) is 0 Å². The van der Waals surface area contributed by atoms with Crippen LogP contribution in [0.2, 0.25) is 0 Å². The van der Waals surface area contributed by atoms with Crippen molar-refractivity contribution < 1.29 is 23.1 Å². The highest BCUT2D eigenvalue weighted by Crippen LogP contribution is 2.18. The molecule has 0 radical (unpaired) electrons. The molecule has 0 spiro atoms. The van der Waals surface area contributed by atoms with Crippen LogP contribution in [0.3, 0.4) is 0 Å². The molecule has 3 N–H and O–H groups in total. The fourth-order valence-electron chi connectivity index (χ4n) is 1.64. The van der Waals surface area contributed by atoms with E-state index in [1.807, 2.05) is 6.92 Å². The average molecular weight is 290 g/mol. The number of benzene rings is 1. The second-order valence-electron chi connectivity index (χ2n) is 4.72. The van der Waals surface area contributed by atoms with Gasteiger partial charge in [0.2, 0.25) is 0 Å². The summed E-state index contributed by atoms with van der Waals surface area (Å²) < 4.78 is 38.8. The van der Waals surface area contributed by atoms with E-state index in [4.69, 9.17) is 5.11 Å². The highest BCUT2D eigenvalue weighted by Gasteiger charge is 2.24. The van der Waals surface area contributed by atoms with Gasteiger partial charge in [0.15, 0.2) is 17.5 Å². The summed E-state index contributed by atoms with van der Waals surface area (Å²) >= 11 is 0. The predicted octanol–water partition coefficient (Wildman–Crippen LogP) is 2.78. The lowest BCUT2D eigenvalue weighted by Crippen LogP contribution is -2.48. The number of nitrogens with one attached hydrogen (secondary N) is 2. The van der Waals surface area contributed by atoms with Crippen molar-refractivity contribution in [2.24, 2.45) is 0 Å². The monoisotopic (exact) mass is 290 g/mol. The second kappa shape index (κ2) is 6.60. The number of urea groups is 1. The van der Waals surface area contributed by atoms with Gasteiger partial charge in [0.05, 0.1) is 0 Å². The minimum Gasteiger partial charge on any atom is -0.396 e. The highest BCUT2D eigenvalue weighted by molar-refractivity contribution is 5.89. The SMILES string of the molecule is CCC(C)(CCO)NC(=O)Nc1cc(F)c(F)c(F)c1. The molecule has 0 saturated carbocycles. The van der Waals surface area contributed by atoms with E-state index in [9.17, 15) is 18.0 Å². The first-order valence-electron chi connectivity index (χ1n) is 6.16. The summed E-state index contributed by atoms with van der Waals surface area (Å²) in [5.41, 5.74) is -0.836. The van der Waals surface area contributed by atoms with Crippen LogP contribution in [-0.2, 0) is 0 Å². The zero-order valence-corrected chi connectivity index (χ0v) is 11.3. The molecular formula is C13H17F3N2O2. The van der Waals surface area contributed by atoms with Crippen LogP contribution < -0.4 is 10.6 Å². The zero-order chi connectivity index (χ0) is 15.3. The second-order valence-corrected chi connectivity index (χ2v) is 4.72. The Morgan fingerprint density at radius 1 is 1.30 bits per heavy atom. The van der Waals surface area contributed by atoms with Crippen molar-refractivity contribution in [1.82, 2.24) is 5.32 Å². The molecule has 0 aliphatic carbocycles. The van der Waals surface area contributed by atoms with Crippen molar-refractivity contribution in [2.45, 2.75) is 32.2 Å². The minimum absolute atomic E-state index is 0.107. The predicted molar refractivity (Wildman–Crippen MR) is 68.9 cm³/mol. The van der Waals surface area contributed by atoms with E-state index in [0.717, 1.165) is 0 Å². The van der Waals surface area contributed by atoms with E-state index < -0.39 is 29.0 Å². The molecule has 0 aliphatic rings. The molecule has 2 amide bonds. The quantitative estimate of drug-likeness (QED) is 0.730. The number of hydrogen-bond donors (Lipinski definition) is 3. The molecule has 0 heterocycles. The lowest BCUT2D eigenvalue weighted by Gasteiger charge is -2.29. The topological polar surface area (TPSA) is 61.4 Å². The minimum atomic E-state index is -1.59. The van der Waals surface area contributed by atoms with Gasteiger partial charge in [0.25, 0.3) is 0 Å². The van der Waals surface area contributed by atoms with Crippen LogP contribution in [0.5, 0.6) is 0 Å². The van der Waals surface area contributed by atoms with Gasteiger partial charge >= 0.3 is 6.03 Å². The Hall–Kier alpha value is -1.76. The van der Waals surface area contributed by atoms with Gasteiger partial charge in [0.1, 0.15) is 0 Å². The normalized spacial score (nSPS) is 13.7. The molecule has 1 rings (SSSR count). The fourth-order valence-corrected chi connectivity index (χ4v) is 1.64. The Bertz CT molecular complexity index is 473. The van der Waals surface area contributed by atoms with Crippen LogP contribution in [0.25, 0.3) is 0 Å². The molecule has 0 aromatic heterocycles. The van der Waals surface area contributed by atoms with Crippen LogP contribution >= 0.6 is 0 Å². The third-order valence-electron chi connectivity index (χ3n) is 3.10.